The fourth-order valence-corrected chi connectivity index (χ4v) is 2.68. The van der Waals surface area contributed by atoms with Crippen LogP contribution in [0.4, 0.5) is 15.8 Å². The van der Waals surface area contributed by atoms with Crippen LogP contribution in [-0.4, -0.2) is 6.54 Å². The molecule has 0 aromatic heterocycles. The van der Waals surface area contributed by atoms with Gasteiger partial charge in [-0.2, -0.15) is 0 Å². The Balaban J connectivity index is 1.90. The maximum atomic E-state index is 13.1. The van der Waals surface area contributed by atoms with E-state index in [1.54, 1.807) is 6.07 Å². The van der Waals surface area contributed by atoms with Gasteiger partial charge in [-0.15, -0.1) is 0 Å². The minimum absolute atomic E-state index is 0.237. The van der Waals surface area contributed by atoms with E-state index in [1.807, 2.05) is 0 Å². The Morgan fingerprint density at radius 1 is 1.41 bits per heavy atom. The fraction of sp³-hybridized carbons (Fsp3) is 0.571. The van der Waals surface area contributed by atoms with Gasteiger partial charge in [-0.05, 0) is 42.9 Å². The average molecular weight is 236 g/mol. The number of anilines is 2. The second-order valence-corrected chi connectivity index (χ2v) is 5.25. The van der Waals surface area contributed by atoms with Gasteiger partial charge in [0.25, 0.3) is 0 Å². The van der Waals surface area contributed by atoms with Crippen LogP contribution in [0, 0.1) is 17.7 Å². The van der Waals surface area contributed by atoms with Gasteiger partial charge < -0.3 is 11.1 Å². The third-order valence-corrected chi connectivity index (χ3v) is 3.64. The molecule has 1 fully saturated rings. The molecule has 2 rings (SSSR count). The Kier molecular flexibility index (Phi) is 3.87. The van der Waals surface area contributed by atoms with Crippen molar-refractivity contribution in [3.05, 3.63) is 24.0 Å². The molecule has 0 radical (unpaired) electrons. The first-order valence-corrected chi connectivity index (χ1v) is 6.44. The highest BCUT2D eigenvalue weighted by Crippen LogP contribution is 2.29. The van der Waals surface area contributed by atoms with Gasteiger partial charge in [0.05, 0.1) is 11.4 Å². The lowest BCUT2D eigenvalue weighted by Gasteiger charge is -2.27. The second-order valence-electron chi connectivity index (χ2n) is 5.25. The first-order valence-electron chi connectivity index (χ1n) is 6.44. The Hall–Kier alpha value is -1.25. The van der Waals surface area contributed by atoms with E-state index in [4.69, 9.17) is 5.73 Å². The van der Waals surface area contributed by atoms with E-state index in [2.05, 4.69) is 12.2 Å². The number of rotatable bonds is 3. The van der Waals surface area contributed by atoms with Gasteiger partial charge in [0.2, 0.25) is 0 Å². The van der Waals surface area contributed by atoms with E-state index in [0.29, 0.717) is 11.6 Å². The summed E-state index contributed by atoms with van der Waals surface area (Å²) in [4.78, 5) is 0. The van der Waals surface area contributed by atoms with Crippen molar-refractivity contribution in [2.75, 3.05) is 17.6 Å². The maximum Gasteiger partial charge on any atom is 0.125 e. The molecule has 2 atom stereocenters. The SMILES string of the molecule is CC1CCCC(CNc2cc(F)ccc2N)C1. The number of nitrogens with two attached hydrogens (primary N) is 1. The summed E-state index contributed by atoms with van der Waals surface area (Å²) in [6.07, 6.45) is 5.19. The van der Waals surface area contributed by atoms with Crippen molar-refractivity contribution >= 4 is 11.4 Å². The summed E-state index contributed by atoms with van der Waals surface area (Å²) < 4.78 is 13.1. The first-order chi connectivity index (χ1) is 8.15. The van der Waals surface area contributed by atoms with Crippen molar-refractivity contribution in [3.8, 4) is 0 Å². The molecule has 1 aromatic rings. The Morgan fingerprint density at radius 2 is 2.24 bits per heavy atom. The molecule has 3 N–H and O–H groups in total. The van der Waals surface area contributed by atoms with Crippen molar-refractivity contribution in [3.63, 3.8) is 0 Å². The zero-order valence-electron chi connectivity index (χ0n) is 10.4. The largest absolute Gasteiger partial charge is 0.397 e. The Labute approximate surface area is 102 Å². The van der Waals surface area contributed by atoms with E-state index in [0.717, 1.165) is 18.2 Å². The van der Waals surface area contributed by atoms with Crippen molar-refractivity contribution < 1.29 is 4.39 Å². The number of nitrogen functional groups attached to an aromatic ring is 1. The highest BCUT2D eigenvalue weighted by molar-refractivity contribution is 5.65. The van der Waals surface area contributed by atoms with E-state index >= 15 is 0 Å². The predicted molar refractivity (Wildman–Crippen MR) is 70.4 cm³/mol. The third kappa shape index (κ3) is 3.35. The van der Waals surface area contributed by atoms with Crippen LogP contribution in [0.3, 0.4) is 0 Å². The van der Waals surface area contributed by atoms with Crippen LogP contribution in [0.5, 0.6) is 0 Å². The summed E-state index contributed by atoms with van der Waals surface area (Å²) in [7, 11) is 0. The van der Waals surface area contributed by atoms with Crippen LogP contribution in [-0.2, 0) is 0 Å². The van der Waals surface area contributed by atoms with E-state index in [-0.39, 0.29) is 5.82 Å². The average Bonchev–Trinajstić information content (AvgIpc) is 2.30. The maximum absolute atomic E-state index is 13.1. The standard InChI is InChI=1S/C14H21FN2/c1-10-3-2-4-11(7-10)9-17-14-8-12(15)5-6-13(14)16/h5-6,8,10-11,17H,2-4,7,9,16H2,1H3. The lowest BCUT2D eigenvalue weighted by Crippen LogP contribution is -2.21. The Bertz CT molecular complexity index is 378. The molecule has 2 nitrogen and oxygen atoms in total. The molecule has 0 spiro atoms. The van der Waals surface area contributed by atoms with Crippen molar-refractivity contribution in [2.45, 2.75) is 32.6 Å². The molecular formula is C14H21FN2. The van der Waals surface area contributed by atoms with Gasteiger partial charge in [-0.1, -0.05) is 19.8 Å². The molecule has 1 aromatic carbocycles. The highest BCUT2D eigenvalue weighted by Gasteiger charge is 2.18. The van der Waals surface area contributed by atoms with E-state index < -0.39 is 0 Å². The van der Waals surface area contributed by atoms with E-state index in [9.17, 15) is 4.39 Å². The summed E-state index contributed by atoms with van der Waals surface area (Å²) in [6, 6.07) is 4.48. The molecule has 17 heavy (non-hydrogen) atoms. The predicted octanol–water partition coefficient (Wildman–Crippen LogP) is 3.65. The van der Waals surface area contributed by atoms with Crippen molar-refractivity contribution in [1.29, 1.82) is 0 Å². The monoisotopic (exact) mass is 236 g/mol. The van der Waals surface area contributed by atoms with Gasteiger partial charge >= 0.3 is 0 Å². The van der Waals surface area contributed by atoms with Gasteiger partial charge in [0.15, 0.2) is 0 Å². The number of benzene rings is 1. The summed E-state index contributed by atoms with van der Waals surface area (Å²) in [5.41, 5.74) is 7.15. The fourth-order valence-electron chi connectivity index (χ4n) is 2.68. The molecule has 0 amide bonds. The topological polar surface area (TPSA) is 38.0 Å². The smallest absolute Gasteiger partial charge is 0.125 e. The van der Waals surface area contributed by atoms with Crippen LogP contribution in [0.25, 0.3) is 0 Å². The minimum Gasteiger partial charge on any atom is -0.397 e. The lowest BCUT2D eigenvalue weighted by atomic mass is 9.82. The molecule has 2 unspecified atom stereocenters. The number of hydrogen-bond acceptors (Lipinski definition) is 2. The molecule has 0 saturated heterocycles. The van der Waals surface area contributed by atoms with Gasteiger partial charge in [0.1, 0.15) is 5.82 Å². The van der Waals surface area contributed by atoms with Crippen LogP contribution >= 0.6 is 0 Å². The van der Waals surface area contributed by atoms with Crippen molar-refractivity contribution in [2.24, 2.45) is 11.8 Å². The molecular weight excluding hydrogens is 215 g/mol. The molecule has 0 heterocycles. The molecule has 94 valence electrons. The van der Waals surface area contributed by atoms with Gasteiger partial charge in [-0.3, -0.25) is 0 Å². The summed E-state index contributed by atoms with van der Waals surface area (Å²) >= 11 is 0. The number of nitrogens with one attached hydrogen (secondary N) is 1. The zero-order valence-corrected chi connectivity index (χ0v) is 10.4. The molecule has 3 heteroatoms. The van der Waals surface area contributed by atoms with Crippen LogP contribution in [0.1, 0.15) is 32.6 Å². The normalized spacial score (nSPS) is 24.6. The third-order valence-electron chi connectivity index (χ3n) is 3.64. The van der Waals surface area contributed by atoms with Crippen LogP contribution in [0.2, 0.25) is 0 Å². The van der Waals surface area contributed by atoms with E-state index in [1.165, 1.54) is 37.8 Å². The molecule has 1 saturated carbocycles. The van der Waals surface area contributed by atoms with Crippen LogP contribution in [0.15, 0.2) is 18.2 Å². The van der Waals surface area contributed by atoms with Gasteiger partial charge in [0, 0.05) is 6.54 Å². The first kappa shape index (κ1) is 12.2. The number of halogens is 1. The lowest BCUT2D eigenvalue weighted by molar-refractivity contribution is 0.293. The molecule has 0 aliphatic heterocycles. The van der Waals surface area contributed by atoms with Gasteiger partial charge in [-0.25, -0.2) is 4.39 Å². The highest BCUT2D eigenvalue weighted by atomic mass is 19.1. The second kappa shape index (κ2) is 5.39. The summed E-state index contributed by atoms with van der Waals surface area (Å²) in [5, 5.41) is 3.28. The summed E-state index contributed by atoms with van der Waals surface area (Å²) in [5.74, 6) is 1.28. The molecule has 0 bridgehead atoms. The Morgan fingerprint density at radius 3 is 3.00 bits per heavy atom. The summed E-state index contributed by atoms with van der Waals surface area (Å²) in [6.45, 7) is 3.21. The van der Waals surface area contributed by atoms with Crippen LogP contribution < -0.4 is 11.1 Å². The molecule has 1 aliphatic rings. The number of hydrogen-bond donors (Lipinski definition) is 2. The molecule has 1 aliphatic carbocycles. The zero-order chi connectivity index (χ0) is 12.3. The quantitative estimate of drug-likeness (QED) is 0.786. The van der Waals surface area contributed by atoms with Crippen molar-refractivity contribution in [1.82, 2.24) is 0 Å². The minimum atomic E-state index is -0.237.